The fourth-order valence-electron chi connectivity index (χ4n) is 1.49. The van der Waals surface area contributed by atoms with Gasteiger partial charge >= 0.3 is 11.9 Å². The van der Waals surface area contributed by atoms with Gasteiger partial charge in [0.25, 0.3) is 0 Å². The van der Waals surface area contributed by atoms with Gasteiger partial charge in [-0.15, -0.1) is 0 Å². The number of hydrogen-bond donors (Lipinski definition) is 2. The average Bonchev–Trinajstić information content (AvgIpc) is 2.17. The van der Waals surface area contributed by atoms with E-state index >= 15 is 0 Å². The van der Waals surface area contributed by atoms with Crippen molar-refractivity contribution < 1.29 is 19.8 Å². The van der Waals surface area contributed by atoms with Gasteiger partial charge in [0, 0.05) is 5.56 Å². The lowest BCUT2D eigenvalue weighted by molar-refractivity contribution is -0.130. The summed E-state index contributed by atoms with van der Waals surface area (Å²) in [6.45, 7) is 3.28. The first-order chi connectivity index (χ1) is 7.45. The third-order valence-electron chi connectivity index (χ3n) is 2.14. The summed E-state index contributed by atoms with van der Waals surface area (Å²) in [6, 6.07) is 6.08. The van der Waals surface area contributed by atoms with Crippen molar-refractivity contribution in [2.75, 3.05) is 0 Å². The minimum Gasteiger partial charge on any atom is -0.478 e. The Morgan fingerprint density at radius 2 is 1.50 bits per heavy atom. The van der Waals surface area contributed by atoms with Crippen LogP contribution in [0, 0.1) is 0 Å². The van der Waals surface area contributed by atoms with Crippen molar-refractivity contribution in [1.29, 1.82) is 0 Å². The van der Waals surface area contributed by atoms with Crippen LogP contribution in [0.15, 0.2) is 29.8 Å². The standard InChI is InChI=1S/C12H12O4/c1-7(2)10(12(15)16)8-5-3-4-6-9(8)11(13)14/h3-6H,1-2H3,(H,13,14)(H,15,16). The molecule has 16 heavy (non-hydrogen) atoms. The maximum atomic E-state index is 11.1. The summed E-state index contributed by atoms with van der Waals surface area (Å²) in [4.78, 5) is 22.0. The number of hydrogen-bond acceptors (Lipinski definition) is 2. The molecule has 0 heterocycles. The smallest absolute Gasteiger partial charge is 0.336 e. The van der Waals surface area contributed by atoms with Gasteiger partial charge in [0.05, 0.1) is 11.1 Å². The number of carbonyl (C=O) groups is 2. The fourth-order valence-corrected chi connectivity index (χ4v) is 1.49. The van der Waals surface area contributed by atoms with Crippen LogP contribution in [0.2, 0.25) is 0 Å². The molecule has 0 saturated carbocycles. The fraction of sp³-hybridized carbons (Fsp3) is 0.167. The van der Waals surface area contributed by atoms with Crippen LogP contribution in [-0.4, -0.2) is 22.2 Å². The largest absolute Gasteiger partial charge is 0.478 e. The zero-order valence-corrected chi connectivity index (χ0v) is 9.02. The molecule has 2 N–H and O–H groups in total. The second kappa shape index (κ2) is 4.61. The molecule has 4 nitrogen and oxygen atoms in total. The average molecular weight is 220 g/mol. The van der Waals surface area contributed by atoms with E-state index in [2.05, 4.69) is 0 Å². The van der Waals surface area contributed by atoms with E-state index in [0.29, 0.717) is 5.57 Å². The first kappa shape index (κ1) is 12.0. The third-order valence-corrected chi connectivity index (χ3v) is 2.14. The predicted molar refractivity (Wildman–Crippen MR) is 59.3 cm³/mol. The lowest BCUT2D eigenvalue weighted by Gasteiger charge is -2.08. The first-order valence-corrected chi connectivity index (χ1v) is 4.68. The number of aliphatic carboxylic acids is 1. The number of rotatable bonds is 3. The molecule has 0 aromatic heterocycles. The van der Waals surface area contributed by atoms with Crippen LogP contribution in [-0.2, 0) is 4.79 Å². The first-order valence-electron chi connectivity index (χ1n) is 4.68. The summed E-state index contributed by atoms with van der Waals surface area (Å²) < 4.78 is 0. The molecule has 4 heteroatoms. The van der Waals surface area contributed by atoms with Crippen molar-refractivity contribution in [1.82, 2.24) is 0 Å². The van der Waals surface area contributed by atoms with Crippen molar-refractivity contribution in [2.24, 2.45) is 0 Å². The Balaban J connectivity index is 3.49. The third kappa shape index (κ3) is 2.28. The zero-order valence-electron chi connectivity index (χ0n) is 9.02. The van der Waals surface area contributed by atoms with E-state index in [4.69, 9.17) is 10.2 Å². The molecule has 84 valence electrons. The Labute approximate surface area is 92.8 Å². The summed E-state index contributed by atoms with van der Waals surface area (Å²) in [5.41, 5.74) is 0.850. The molecule has 1 aromatic rings. The Kier molecular flexibility index (Phi) is 3.45. The normalized spacial score (nSPS) is 9.62. The molecule has 0 amide bonds. The van der Waals surface area contributed by atoms with Crippen molar-refractivity contribution in [3.05, 3.63) is 41.0 Å². The molecule has 0 fully saturated rings. The molecule has 0 unspecified atom stereocenters. The Morgan fingerprint density at radius 3 is 1.88 bits per heavy atom. The van der Waals surface area contributed by atoms with Gasteiger partial charge in [-0.05, 0) is 19.9 Å². The Morgan fingerprint density at radius 1 is 1.00 bits per heavy atom. The number of benzene rings is 1. The van der Waals surface area contributed by atoms with E-state index in [1.165, 1.54) is 12.1 Å². The second-order valence-electron chi connectivity index (χ2n) is 3.53. The quantitative estimate of drug-likeness (QED) is 0.766. The lowest BCUT2D eigenvalue weighted by Crippen LogP contribution is -2.08. The van der Waals surface area contributed by atoms with Crippen molar-refractivity contribution in [2.45, 2.75) is 13.8 Å². The molecule has 0 atom stereocenters. The van der Waals surface area contributed by atoms with Crippen LogP contribution >= 0.6 is 0 Å². The van der Waals surface area contributed by atoms with Gasteiger partial charge < -0.3 is 10.2 Å². The van der Waals surface area contributed by atoms with Gasteiger partial charge in [0.2, 0.25) is 0 Å². The highest BCUT2D eigenvalue weighted by molar-refractivity contribution is 6.18. The minimum absolute atomic E-state index is 0.00102. The molecule has 0 spiro atoms. The van der Waals surface area contributed by atoms with Crippen LogP contribution < -0.4 is 0 Å². The molecule has 0 aliphatic rings. The maximum Gasteiger partial charge on any atom is 0.336 e. The molecular weight excluding hydrogens is 208 g/mol. The van der Waals surface area contributed by atoms with Crippen LogP contribution in [0.1, 0.15) is 29.8 Å². The minimum atomic E-state index is -1.13. The van der Waals surface area contributed by atoms with Gasteiger partial charge in [-0.25, -0.2) is 9.59 Å². The van der Waals surface area contributed by atoms with Gasteiger partial charge in [-0.2, -0.15) is 0 Å². The number of aromatic carboxylic acids is 1. The van der Waals surface area contributed by atoms with E-state index in [1.807, 2.05) is 0 Å². The summed E-state index contributed by atoms with van der Waals surface area (Å²) in [6.07, 6.45) is 0. The van der Waals surface area contributed by atoms with Gasteiger partial charge in [0.15, 0.2) is 0 Å². The summed E-state index contributed by atoms with van der Waals surface area (Å²) in [7, 11) is 0. The van der Waals surface area contributed by atoms with Crippen molar-refractivity contribution >= 4 is 17.5 Å². The predicted octanol–water partition coefficient (Wildman–Crippen LogP) is 2.26. The zero-order chi connectivity index (χ0) is 12.3. The SMILES string of the molecule is CC(C)=C(C(=O)O)c1ccccc1C(=O)O. The highest BCUT2D eigenvalue weighted by atomic mass is 16.4. The highest BCUT2D eigenvalue weighted by Crippen LogP contribution is 2.22. The van der Waals surface area contributed by atoms with Gasteiger partial charge in [0.1, 0.15) is 0 Å². The molecule has 1 aromatic carbocycles. The Bertz CT molecular complexity index is 468. The number of allylic oxidation sites excluding steroid dienone is 1. The second-order valence-corrected chi connectivity index (χ2v) is 3.53. The van der Waals surface area contributed by atoms with Crippen LogP contribution in [0.25, 0.3) is 5.57 Å². The molecule has 0 bridgehead atoms. The van der Waals surface area contributed by atoms with E-state index in [-0.39, 0.29) is 16.7 Å². The Hall–Kier alpha value is -2.10. The van der Waals surface area contributed by atoms with Crippen LogP contribution in [0.3, 0.4) is 0 Å². The van der Waals surface area contributed by atoms with Crippen molar-refractivity contribution in [3.63, 3.8) is 0 Å². The summed E-state index contributed by atoms with van der Waals surface area (Å²) in [5.74, 6) is -2.25. The molecule has 0 radical (unpaired) electrons. The molecule has 0 aliphatic carbocycles. The van der Waals surface area contributed by atoms with Crippen LogP contribution in [0.5, 0.6) is 0 Å². The lowest BCUT2D eigenvalue weighted by atomic mass is 9.96. The van der Waals surface area contributed by atoms with Gasteiger partial charge in [-0.1, -0.05) is 23.8 Å². The highest BCUT2D eigenvalue weighted by Gasteiger charge is 2.18. The maximum absolute atomic E-state index is 11.1. The van der Waals surface area contributed by atoms with Crippen LogP contribution in [0.4, 0.5) is 0 Å². The number of carboxylic acids is 2. The number of carboxylic acid groups (broad SMARTS) is 2. The molecule has 0 aliphatic heterocycles. The van der Waals surface area contributed by atoms with E-state index < -0.39 is 11.9 Å². The molecular formula is C12H12O4. The van der Waals surface area contributed by atoms with E-state index in [0.717, 1.165) is 0 Å². The summed E-state index contributed by atoms with van der Waals surface area (Å²) in [5, 5.41) is 18.0. The monoisotopic (exact) mass is 220 g/mol. The van der Waals surface area contributed by atoms with Gasteiger partial charge in [-0.3, -0.25) is 0 Å². The van der Waals surface area contributed by atoms with E-state index in [9.17, 15) is 9.59 Å². The molecule has 0 saturated heterocycles. The topological polar surface area (TPSA) is 74.6 Å². The molecule has 1 rings (SSSR count). The summed E-state index contributed by atoms with van der Waals surface area (Å²) >= 11 is 0. The van der Waals surface area contributed by atoms with Crippen molar-refractivity contribution in [3.8, 4) is 0 Å². The van der Waals surface area contributed by atoms with E-state index in [1.54, 1.807) is 26.0 Å².